The van der Waals surface area contributed by atoms with Gasteiger partial charge in [0.1, 0.15) is 0 Å². The molecule has 0 spiro atoms. The van der Waals surface area contributed by atoms with Crippen molar-refractivity contribution in [3.05, 3.63) is 0 Å². The Morgan fingerprint density at radius 3 is 2.71 bits per heavy atom. The lowest BCUT2D eigenvalue weighted by molar-refractivity contribution is -0.148. The molecular weight excluding hydrogens is 218 g/mol. The molecule has 1 amide bonds. The predicted octanol–water partition coefficient (Wildman–Crippen LogP) is -0.426. The maximum atomic E-state index is 12.4. The number of hydrogen-bond acceptors (Lipinski definition) is 4. The molecule has 5 nitrogen and oxygen atoms in total. The SMILES string of the molecule is CC1CNC(C(=O)N2CCOCC2(C)C)CN1. The summed E-state index contributed by atoms with van der Waals surface area (Å²) in [6.07, 6.45) is 0. The Bertz CT molecular complexity index is 285. The Morgan fingerprint density at radius 2 is 2.12 bits per heavy atom. The van der Waals surface area contributed by atoms with Gasteiger partial charge in [-0.2, -0.15) is 0 Å². The van der Waals surface area contributed by atoms with E-state index in [2.05, 4.69) is 31.4 Å². The molecule has 0 radical (unpaired) electrons. The quantitative estimate of drug-likeness (QED) is 0.654. The van der Waals surface area contributed by atoms with Crippen molar-refractivity contribution in [2.75, 3.05) is 32.8 Å². The van der Waals surface area contributed by atoms with Gasteiger partial charge in [0.2, 0.25) is 5.91 Å². The van der Waals surface area contributed by atoms with Gasteiger partial charge < -0.3 is 20.3 Å². The fraction of sp³-hybridized carbons (Fsp3) is 0.917. The van der Waals surface area contributed by atoms with Crippen molar-refractivity contribution in [1.82, 2.24) is 15.5 Å². The van der Waals surface area contributed by atoms with Crippen molar-refractivity contribution in [3.8, 4) is 0 Å². The zero-order valence-corrected chi connectivity index (χ0v) is 11.0. The number of carbonyl (C=O) groups is 1. The van der Waals surface area contributed by atoms with Crippen LogP contribution in [0.25, 0.3) is 0 Å². The van der Waals surface area contributed by atoms with Crippen molar-refractivity contribution in [2.24, 2.45) is 0 Å². The second-order valence-corrected chi connectivity index (χ2v) is 5.63. The lowest BCUT2D eigenvalue weighted by Crippen LogP contribution is -2.64. The molecule has 2 heterocycles. The summed E-state index contributed by atoms with van der Waals surface area (Å²) in [5.41, 5.74) is -0.194. The Morgan fingerprint density at radius 1 is 1.35 bits per heavy atom. The average molecular weight is 241 g/mol. The van der Waals surface area contributed by atoms with Crippen LogP contribution in [0.2, 0.25) is 0 Å². The summed E-state index contributed by atoms with van der Waals surface area (Å²) >= 11 is 0. The standard InChI is InChI=1S/C12H23N3O2/c1-9-6-14-10(7-13-9)11(16)15-4-5-17-8-12(15,2)3/h9-10,13-14H,4-8H2,1-3H3. The molecule has 2 aliphatic rings. The first-order valence-electron chi connectivity index (χ1n) is 6.37. The first-order chi connectivity index (χ1) is 8.00. The third-order valence-electron chi connectivity index (χ3n) is 3.55. The number of hydrogen-bond donors (Lipinski definition) is 2. The van der Waals surface area contributed by atoms with E-state index in [1.165, 1.54) is 0 Å². The lowest BCUT2D eigenvalue weighted by atomic mass is 10.0. The van der Waals surface area contributed by atoms with E-state index in [0.717, 1.165) is 6.54 Å². The van der Waals surface area contributed by atoms with Crippen LogP contribution in [0.5, 0.6) is 0 Å². The summed E-state index contributed by atoms with van der Waals surface area (Å²) < 4.78 is 5.44. The molecule has 17 heavy (non-hydrogen) atoms. The van der Waals surface area contributed by atoms with Crippen LogP contribution in [-0.4, -0.2) is 61.3 Å². The highest BCUT2D eigenvalue weighted by Gasteiger charge is 2.37. The minimum absolute atomic E-state index is 0.0939. The Labute approximate surface area is 103 Å². The second kappa shape index (κ2) is 4.92. The molecule has 0 aromatic rings. The Hall–Kier alpha value is -0.650. The van der Waals surface area contributed by atoms with Gasteiger partial charge in [-0.15, -0.1) is 0 Å². The summed E-state index contributed by atoms with van der Waals surface area (Å²) in [7, 11) is 0. The maximum Gasteiger partial charge on any atom is 0.241 e. The molecule has 0 aliphatic carbocycles. The molecule has 0 aromatic carbocycles. The molecule has 0 aromatic heterocycles. The molecule has 2 rings (SSSR count). The van der Waals surface area contributed by atoms with Crippen molar-refractivity contribution >= 4 is 5.91 Å². The van der Waals surface area contributed by atoms with Crippen LogP contribution < -0.4 is 10.6 Å². The van der Waals surface area contributed by atoms with Crippen LogP contribution in [0.4, 0.5) is 0 Å². The van der Waals surface area contributed by atoms with Gasteiger partial charge in [-0.3, -0.25) is 4.79 Å². The molecule has 98 valence electrons. The Balaban J connectivity index is 1.99. The van der Waals surface area contributed by atoms with Crippen molar-refractivity contribution < 1.29 is 9.53 Å². The summed E-state index contributed by atoms with van der Waals surface area (Å²) in [6, 6.07) is 0.348. The molecule has 2 N–H and O–H groups in total. The van der Waals surface area contributed by atoms with Crippen LogP contribution >= 0.6 is 0 Å². The number of rotatable bonds is 1. The van der Waals surface area contributed by atoms with E-state index in [9.17, 15) is 4.79 Å². The van der Waals surface area contributed by atoms with Crippen molar-refractivity contribution in [1.29, 1.82) is 0 Å². The van der Waals surface area contributed by atoms with Crippen molar-refractivity contribution in [2.45, 2.75) is 38.4 Å². The molecule has 2 unspecified atom stereocenters. The van der Waals surface area contributed by atoms with Gasteiger partial charge >= 0.3 is 0 Å². The number of ether oxygens (including phenoxy) is 1. The van der Waals surface area contributed by atoms with E-state index in [4.69, 9.17) is 4.74 Å². The smallest absolute Gasteiger partial charge is 0.241 e. The third-order valence-corrected chi connectivity index (χ3v) is 3.55. The predicted molar refractivity (Wildman–Crippen MR) is 65.9 cm³/mol. The maximum absolute atomic E-state index is 12.4. The molecule has 2 aliphatic heterocycles. The molecular formula is C12H23N3O2. The molecule has 0 bridgehead atoms. The first kappa shape index (κ1) is 12.8. The first-order valence-corrected chi connectivity index (χ1v) is 6.37. The van der Waals surface area contributed by atoms with Gasteiger partial charge in [-0.05, 0) is 20.8 Å². The monoisotopic (exact) mass is 241 g/mol. The molecule has 5 heteroatoms. The van der Waals surface area contributed by atoms with Gasteiger partial charge in [0, 0.05) is 25.7 Å². The van der Waals surface area contributed by atoms with Crippen LogP contribution in [0, 0.1) is 0 Å². The third kappa shape index (κ3) is 2.78. The number of amides is 1. The number of carbonyl (C=O) groups excluding carboxylic acids is 1. The molecule has 2 saturated heterocycles. The number of piperazine rings is 1. The van der Waals surface area contributed by atoms with Gasteiger partial charge in [0.25, 0.3) is 0 Å². The summed E-state index contributed by atoms with van der Waals surface area (Å²) in [5.74, 6) is 0.192. The van der Waals surface area contributed by atoms with Crippen LogP contribution in [-0.2, 0) is 9.53 Å². The summed E-state index contributed by atoms with van der Waals surface area (Å²) in [5, 5.41) is 6.65. The number of morpholine rings is 1. The average Bonchev–Trinajstić information content (AvgIpc) is 2.28. The second-order valence-electron chi connectivity index (χ2n) is 5.63. The Kier molecular flexibility index (Phi) is 3.70. The lowest BCUT2D eigenvalue weighted by Gasteiger charge is -2.44. The zero-order chi connectivity index (χ0) is 12.5. The molecule has 0 saturated carbocycles. The molecule has 2 atom stereocenters. The van der Waals surface area contributed by atoms with Crippen LogP contribution in [0.1, 0.15) is 20.8 Å². The van der Waals surface area contributed by atoms with Gasteiger partial charge in [0.05, 0.1) is 24.8 Å². The van der Waals surface area contributed by atoms with Gasteiger partial charge in [0.15, 0.2) is 0 Å². The molecule has 2 fully saturated rings. The topological polar surface area (TPSA) is 53.6 Å². The van der Waals surface area contributed by atoms with E-state index < -0.39 is 0 Å². The highest BCUT2D eigenvalue weighted by Crippen LogP contribution is 2.20. The minimum atomic E-state index is -0.194. The highest BCUT2D eigenvalue weighted by molar-refractivity contribution is 5.83. The van der Waals surface area contributed by atoms with Crippen molar-refractivity contribution in [3.63, 3.8) is 0 Å². The normalized spacial score (nSPS) is 33.5. The summed E-state index contributed by atoms with van der Waals surface area (Å²) in [6.45, 7) is 9.76. The number of nitrogens with one attached hydrogen (secondary N) is 2. The fourth-order valence-electron chi connectivity index (χ4n) is 2.41. The van der Waals surface area contributed by atoms with E-state index in [-0.39, 0.29) is 17.5 Å². The number of nitrogens with zero attached hydrogens (tertiary/aromatic N) is 1. The van der Waals surface area contributed by atoms with E-state index in [0.29, 0.717) is 32.3 Å². The van der Waals surface area contributed by atoms with E-state index in [1.807, 2.05) is 4.90 Å². The van der Waals surface area contributed by atoms with E-state index in [1.54, 1.807) is 0 Å². The van der Waals surface area contributed by atoms with Crippen LogP contribution in [0.3, 0.4) is 0 Å². The fourth-order valence-corrected chi connectivity index (χ4v) is 2.41. The van der Waals surface area contributed by atoms with Gasteiger partial charge in [-0.25, -0.2) is 0 Å². The zero-order valence-electron chi connectivity index (χ0n) is 11.0. The van der Waals surface area contributed by atoms with Gasteiger partial charge in [-0.1, -0.05) is 0 Å². The summed E-state index contributed by atoms with van der Waals surface area (Å²) in [4.78, 5) is 14.4. The minimum Gasteiger partial charge on any atom is -0.377 e. The van der Waals surface area contributed by atoms with E-state index >= 15 is 0 Å². The van der Waals surface area contributed by atoms with Crippen LogP contribution in [0.15, 0.2) is 0 Å². The highest BCUT2D eigenvalue weighted by atomic mass is 16.5. The largest absolute Gasteiger partial charge is 0.377 e.